The lowest BCUT2D eigenvalue weighted by atomic mass is 10.1. The molecule has 20 heavy (non-hydrogen) atoms. The van der Waals surface area contributed by atoms with Crippen molar-refractivity contribution in [3.8, 4) is 0 Å². The van der Waals surface area contributed by atoms with Crippen LogP contribution in [-0.4, -0.2) is 30.1 Å². The number of halogens is 2. The smallest absolute Gasteiger partial charge is 0.130 e. The number of rotatable bonds is 4. The van der Waals surface area contributed by atoms with Crippen LogP contribution in [0.3, 0.4) is 0 Å². The van der Waals surface area contributed by atoms with E-state index in [0.717, 1.165) is 32.4 Å². The second-order valence-corrected chi connectivity index (χ2v) is 5.71. The molecule has 2 unspecified atom stereocenters. The Labute approximate surface area is 120 Å². The molecule has 0 aliphatic carbocycles. The van der Waals surface area contributed by atoms with Crippen LogP contribution in [0.1, 0.15) is 38.7 Å². The molecule has 1 saturated heterocycles. The maximum atomic E-state index is 13.8. The highest BCUT2D eigenvalue weighted by atomic mass is 19.1. The molecular weight excluding hydrogens is 258 g/mol. The van der Waals surface area contributed by atoms with E-state index in [1.807, 2.05) is 0 Å². The molecule has 0 aromatic heterocycles. The van der Waals surface area contributed by atoms with Crippen molar-refractivity contribution in [2.24, 2.45) is 0 Å². The zero-order chi connectivity index (χ0) is 14.5. The van der Waals surface area contributed by atoms with Gasteiger partial charge in [-0.15, -0.1) is 0 Å². The number of hydrogen-bond acceptors (Lipinski definition) is 2. The molecule has 1 aliphatic rings. The van der Waals surface area contributed by atoms with E-state index >= 15 is 0 Å². The molecule has 1 aromatic rings. The Morgan fingerprint density at radius 1 is 1.30 bits per heavy atom. The number of nitrogens with zero attached hydrogens (tertiary/aromatic N) is 1. The Hall–Kier alpha value is -1.00. The van der Waals surface area contributed by atoms with Gasteiger partial charge in [-0.3, -0.25) is 4.90 Å². The summed E-state index contributed by atoms with van der Waals surface area (Å²) in [5.41, 5.74) is 0.191. The van der Waals surface area contributed by atoms with Gasteiger partial charge >= 0.3 is 0 Å². The maximum absolute atomic E-state index is 13.8. The summed E-state index contributed by atoms with van der Waals surface area (Å²) in [4.78, 5) is 2.20. The molecule has 0 spiro atoms. The Morgan fingerprint density at radius 3 is 2.65 bits per heavy atom. The minimum atomic E-state index is -0.443. The summed E-state index contributed by atoms with van der Waals surface area (Å²) in [5.74, 6) is -0.886. The fourth-order valence-electron chi connectivity index (χ4n) is 2.86. The predicted molar refractivity (Wildman–Crippen MR) is 77.5 cm³/mol. The molecule has 1 N–H and O–H groups in total. The first-order valence-corrected chi connectivity index (χ1v) is 7.52. The van der Waals surface area contributed by atoms with Crippen LogP contribution in [0, 0.1) is 11.6 Å². The monoisotopic (exact) mass is 282 g/mol. The van der Waals surface area contributed by atoms with E-state index in [1.54, 1.807) is 0 Å². The lowest BCUT2D eigenvalue weighted by Gasteiger charge is -2.29. The molecular formula is C16H24F2N2. The highest BCUT2D eigenvalue weighted by molar-refractivity contribution is 5.19. The Kier molecular flexibility index (Phi) is 5.49. The van der Waals surface area contributed by atoms with Crippen molar-refractivity contribution < 1.29 is 8.78 Å². The predicted octanol–water partition coefficient (Wildman–Crippen LogP) is 3.32. The molecule has 0 bridgehead atoms. The molecule has 2 nitrogen and oxygen atoms in total. The summed E-state index contributed by atoms with van der Waals surface area (Å²) in [6.45, 7) is 6.47. The van der Waals surface area contributed by atoms with Gasteiger partial charge in [0.2, 0.25) is 0 Å². The van der Waals surface area contributed by atoms with E-state index in [-0.39, 0.29) is 5.56 Å². The highest BCUT2D eigenvalue weighted by Gasteiger charge is 2.24. The van der Waals surface area contributed by atoms with E-state index in [4.69, 9.17) is 0 Å². The van der Waals surface area contributed by atoms with Crippen molar-refractivity contribution in [1.29, 1.82) is 0 Å². The summed E-state index contributed by atoms with van der Waals surface area (Å²) < 4.78 is 27.6. The molecule has 4 heteroatoms. The topological polar surface area (TPSA) is 15.3 Å². The van der Waals surface area contributed by atoms with Gasteiger partial charge in [-0.25, -0.2) is 8.78 Å². The zero-order valence-corrected chi connectivity index (χ0v) is 12.3. The van der Waals surface area contributed by atoms with Crippen molar-refractivity contribution in [2.75, 3.05) is 13.1 Å². The summed E-state index contributed by atoms with van der Waals surface area (Å²) in [7, 11) is 0. The largest absolute Gasteiger partial charge is 0.313 e. The van der Waals surface area contributed by atoms with Gasteiger partial charge in [-0.05, 0) is 38.4 Å². The Bertz CT molecular complexity index is 416. The van der Waals surface area contributed by atoms with Crippen LogP contribution in [0.4, 0.5) is 8.78 Å². The Balaban J connectivity index is 2.12. The van der Waals surface area contributed by atoms with Crippen LogP contribution >= 0.6 is 0 Å². The third kappa shape index (κ3) is 3.76. The lowest BCUT2D eigenvalue weighted by molar-refractivity contribution is 0.188. The second kappa shape index (κ2) is 7.14. The van der Waals surface area contributed by atoms with E-state index in [2.05, 4.69) is 24.1 Å². The Morgan fingerprint density at radius 2 is 2.00 bits per heavy atom. The third-order valence-electron chi connectivity index (χ3n) is 4.13. The van der Waals surface area contributed by atoms with Crippen molar-refractivity contribution in [2.45, 2.75) is 51.7 Å². The van der Waals surface area contributed by atoms with Crippen LogP contribution in [0.2, 0.25) is 0 Å². The second-order valence-electron chi connectivity index (χ2n) is 5.71. The van der Waals surface area contributed by atoms with E-state index < -0.39 is 11.6 Å². The van der Waals surface area contributed by atoms with Crippen molar-refractivity contribution in [3.05, 3.63) is 35.4 Å². The summed E-state index contributed by atoms with van der Waals surface area (Å²) in [6, 6.07) is 4.84. The minimum Gasteiger partial charge on any atom is -0.313 e. The first-order chi connectivity index (χ1) is 9.61. The molecule has 1 fully saturated rings. The van der Waals surface area contributed by atoms with Gasteiger partial charge in [-0.2, -0.15) is 0 Å². The quantitative estimate of drug-likeness (QED) is 0.911. The maximum Gasteiger partial charge on any atom is 0.130 e. The minimum absolute atomic E-state index is 0.191. The van der Waals surface area contributed by atoms with Gasteiger partial charge in [-0.1, -0.05) is 19.4 Å². The summed E-state index contributed by atoms with van der Waals surface area (Å²) >= 11 is 0. The number of hydrogen-bond donors (Lipinski definition) is 1. The van der Waals surface area contributed by atoms with Gasteiger partial charge in [0.25, 0.3) is 0 Å². The van der Waals surface area contributed by atoms with Crippen molar-refractivity contribution >= 4 is 0 Å². The lowest BCUT2D eigenvalue weighted by Crippen LogP contribution is -2.39. The normalized spacial score (nSPS) is 24.6. The standard InChI is InChI=1S/C16H24F2N2/c1-3-5-13-10-20(12(2)8-9-19-13)11-14-15(17)6-4-7-16(14)18/h4,6-7,12-13,19H,3,5,8-11H2,1-2H3. The molecule has 0 radical (unpaired) electrons. The van der Waals surface area contributed by atoms with Gasteiger partial charge < -0.3 is 5.32 Å². The molecule has 1 heterocycles. The number of benzene rings is 1. The molecule has 0 amide bonds. The van der Waals surface area contributed by atoms with Gasteiger partial charge in [0.05, 0.1) is 0 Å². The van der Waals surface area contributed by atoms with Crippen LogP contribution < -0.4 is 5.32 Å². The zero-order valence-electron chi connectivity index (χ0n) is 12.3. The summed E-state index contributed by atoms with van der Waals surface area (Å²) in [5, 5.41) is 3.53. The fraction of sp³-hybridized carbons (Fsp3) is 0.625. The van der Waals surface area contributed by atoms with Crippen LogP contribution in [0.25, 0.3) is 0 Å². The van der Waals surface area contributed by atoms with Crippen molar-refractivity contribution in [1.82, 2.24) is 10.2 Å². The third-order valence-corrected chi connectivity index (χ3v) is 4.13. The van der Waals surface area contributed by atoms with Crippen LogP contribution in [0.15, 0.2) is 18.2 Å². The average Bonchev–Trinajstić information content (AvgIpc) is 2.57. The molecule has 112 valence electrons. The molecule has 1 aliphatic heterocycles. The molecule has 2 atom stereocenters. The molecule has 2 rings (SSSR count). The van der Waals surface area contributed by atoms with E-state index in [9.17, 15) is 8.78 Å². The first-order valence-electron chi connectivity index (χ1n) is 7.52. The molecule has 0 saturated carbocycles. The van der Waals surface area contributed by atoms with Crippen molar-refractivity contribution in [3.63, 3.8) is 0 Å². The average molecular weight is 282 g/mol. The van der Waals surface area contributed by atoms with Gasteiger partial charge in [0, 0.05) is 30.7 Å². The van der Waals surface area contributed by atoms with Crippen LogP contribution in [-0.2, 0) is 6.54 Å². The summed E-state index contributed by atoms with van der Waals surface area (Å²) in [6.07, 6.45) is 3.23. The highest BCUT2D eigenvalue weighted by Crippen LogP contribution is 2.19. The SMILES string of the molecule is CCCC1CN(Cc2c(F)cccc2F)C(C)CCN1. The van der Waals surface area contributed by atoms with E-state index in [1.165, 1.54) is 18.2 Å². The van der Waals surface area contributed by atoms with Gasteiger partial charge in [0.1, 0.15) is 11.6 Å². The first kappa shape index (κ1) is 15.4. The molecule has 1 aromatic carbocycles. The van der Waals surface area contributed by atoms with E-state index in [0.29, 0.717) is 18.6 Å². The van der Waals surface area contributed by atoms with Gasteiger partial charge in [0.15, 0.2) is 0 Å². The van der Waals surface area contributed by atoms with Crippen LogP contribution in [0.5, 0.6) is 0 Å². The fourth-order valence-corrected chi connectivity index (χ4v) is 2.86. The number of nitrogens with one attached hydrogen (secondary N) is 1.